The summed E-state index contributed by atoms with van der Waals surface area (Å²) in [5, 5.41) is 0. The number of sulfonamides is 2. The Morgan fingerprint density at radius 3 is 1.52 bits per heavy atom. The van der Waals surface area contributed by atoms with Crippen molar-refractivity contribution in [2.24, 2.45) is 5.73 Å². The van der Waals surface area contributed by atoms with Crippen LogP contribution in [0.25, 0.3) is 0 Å². The van der Waals surface area contributed by atoms with Crippen molar-refractivity contribution < 1.29 is 31.2 Å². The molecule has 54 heavy (non-hydrogen) atoms. The van der Waals surface area contributed by atoms with Crippen LogP contribution < -0.4 is 14.3 Å². The summed E-state index contributed by atoms with van der Waals surface area (Å²) in [5.41, 5.74) is 13.0. The molecule has 0 unspecified atom stereocenters. The summed E-state index contributed by atoms with van der Waals surface area (Å²) in [4.78, 5) is 36.0. The quantitative estimate of drug-likeness (QED) is 0.154. The summed E-state index contributed by atoms with van der Waals surface area (Å²) in [6.07, 6.45) is 2.85. The number of ether oxygens (including phenoxy) is 1. The van der Waals surface area contributed by atoms with E-state index in [-0.39, 0.29) is 36.9 Å². The van der Waals surface area contributed by atoms with Crippen molar-refractivity contribution in [2.75, 3.05) is 47.9 Å². The lowest BCUT2D eigenvalue weighted by atomic mass is 10.1. The number of carbonyl (C=O) groups excluding carboxylic acids is 2. The molecule has 0 spiro atoms. The summed E-state index contributed by atoms with van der Waals surface area (Å²) >= 11 is 0. The van der Waals surface area contributed by atoms with Crippen molar-refractivity contribution in [1.82, 2.24) is 19.8 Å². The second-order valence-corrected chi connectivity index (χ2v) is 17.5. The average molecular weight is 778 g/mol. The van der Waals surface area contributed by atoms with Gasteiger partial charge in [-0.3, -0.25) is 33.2 Å². The lowest BCUT2D eigenvalue weighted by molar-refractivity contribution is 0.0600. The monoisotopic (exact) mass is 777 g/mol. The van der Waals surface area contributed by atoms with E-state index in [9.17, 15) is 26.4 Å². The van der Waals surface area contributed by atoms with Crippen molar-refractivity contribution in [3.8, 4) is 0 Å². The number of methoxy groups -OCH3 is 1. The highest BCUT2D eigenvalue weighted by molar-refractivity contribution is 7.93. The molecule has 0 fully saturated rings. The molecule has 6 rings (SSSR count). The van der Waals surface area contributed by atoms with Crippen LogP contribution in [-0.4, -0.2) is 87.6 Å². The number of nitrogens with zero attached hydrogens (tertiary/aromatic N) is 6. The number of nitrogens with two attached hydrogens (primary N) is 1. The summed E-state index contributed by atoms with van der Waals surface area (Å²) in [6, 6.07) is 18.1. The van der Waals surface area contributed by atoms with E-state index in [1.165, 1.54) is 28.1 Å². The van der Waals surface area contributed by atoms with Crippen LogP contribution in [0.4, 0.5) is 11.4 Å². The second kappa shape index (κ2) is 17.2. The van der Waals surface area contributed by atoms with Crippen LogP contribution in [-0.2, 0) is 64.1 Å². The Kier molecular flexibility index (Phi) is 12.9. The molecule has 14 nitrogen and oxygen atoms in total. The fourth-order valence-corrected chi connectivity index (χ4v) is 8.66. The second-order valence-electron chi connectivity index (χ2n) is 13.2. The van der Waals surface area contributed by atoms with E-state index in [1.807, 2.05) is 50.5 Å². The van der Waals surface area contributed by atoms with Crippen molar-refractivity contribution >= 4 is 43.2 Å². The van der Waals surface area contributed by atoms with Crippen molar-refractivity contribution in [3.05, 3.63) is 118 Å². The van der Waals surface area contributed by atoms with Crippen LogP contribution in [0.1, 0.15) is 68.2 Å². The zero-order valence-corrected chi connectivity index (χ0v) is 32.9. The van der Waals surface area contributed by atoms with Crippen LogP contribution in [0.15, 0.2) is 73.1 Å². The van der Waals surface area contributed by atoms with Gasteiger partial charge >= 0.3 is 5.97 Å². The number of rotatable bonds is 13. The molecule has 2 aromatic heterocycles. The molecule has 0 atom stereocenters. The van der Waals surface area contributed by atoms with Crippen molar-refractivity contribution in [3.63, 3.8) is 0 Å². The first-order chi connectivity index (χ1) is 25.7. The molecule has 0 radical (unpaired) electrons. The van der Waals surface area contributed by atoms with Gasteiger partial charge in [-0.2, -0.15) is 0 Å². The first-order valence-corrected chi connectivity index (χ1v) is 20.7. The number of esters is 1. The van der Waals surface area contributed by atoms with E-state index in [0.717, 1.165) is 35.3 Å². The summed E-state index contributed by atoms with van der Waals surface area (Å²) < 4.78 is 58.8. The highest BCUT2D eigenvalue weighted by Gasteiger charge is 2.29. The molecule has 288 valence electrons. The Bertz CT molecular complexity index is 2040. The molecule has 4 heterocycles. The molecule has 2 aliphatic rings. The van der Waals surface area contributed by atoms with Crippen molar-refractivity contribution in [2.45, 2.75) is 53.1 Å². The minimum absolute atomic E-state index is 0.00372. The topological polar surface area (TPSA) is 176 Å². The van der Waals surface area contributed by atoms with E-state index < -0.39 is 26.0 Å². The fourth-order valence-electron chi connectivity index (χ4n) is 6.43. The molecule has 16 heteroatoms. The third-order valence-corrected chi connectivity index (χ3v) is 12.8. The smallest absolute Gasteiger partial charge is 0.339 e. The molecule has 2 aliphatic heterocycles. The van der Waals surface area contributed by atoms with Crippen LogP contribution in [0.5, 0.6) is 0 Å². The lowest BCUT2D eigenvalue weighted by Crippen LogP contribution is -2.33. The highest BCUT2D eigenvalue weighted by Crippen LogP contribution is 2.35. The zero-order chi connectivity index (χ0) is 39.2. The predicted octanol–water partition coefficient (Wildman–Crippen LogP) is 3.69. The van der Waals surface area contributed by atoms with Gasteiger partial charge in [0.05, 0.1) is 66.6 Å². The van der Waals surface area contributed by atoms with Gasteiger partial charge in [0.15, 0.2) is 5.78 Å². The fraction of sp³-hybridized carbons (Fsp3) is 0.368. The van der Waals surface area contributed by atoms with Crippen LogP contribution >= 0.6 is 0 Å². The van der Waals surface area contributed by atoms with Gasteiger partial charge in [0.1, 0.15) is 0 Å². The number of Topliss-reactive ketones (excluding diaryl/α,β-unsaturated/α-hetero) is 1. The molecule has 0 saturated heterocycles. The Balaban J connectivity index is 0.000000208. The minimum atomic E-state index is -3.50. The largest absolute Gasteiger partial charge is 0.465 e. The summed E-state index contributed by atoms with van der Waals surface area (Å²) in [7, 11) is -1.67. The Hall–Kier alpha value is -4.74. The van der Waals surface area contributed by atoms with Gasteiger partial charge in [0, 0.05) is 44.1 Å². The normalized spacial score (nSPS) is 14.1. The molecule has 2 aromatic carbocycles. The maximum atomic E-state index is 12.8. The van der Waals surface area contributed by atoms with Crippen molar-refractivity contribution in [1.29, 1.82) is 0 Å². The van der Waals surface area contributed by atoms with Gasteiger partial charge in [0.25, 0.3) is 0 Å². The number of benzene rings is 2. The van der Waals surface area contributed by atoms with E-state index in [0.29, 0.717) is 47.0 Å². The third kappa shape index (κ3) is 9.13. The number of ketones is 1. The van der Waals surface area contributed by atoms with Gasteiger partial charge in [0.2, 0.25) is 20.0 Å². The molecule has 4 aromatic rings. The standard InChI is InChI=1S/C19H24N4O3S.C19H23N3O4S/c1-3-27(25,26)23(12-16-8-7-14(10-21-16)19(24)9-20)18-6-4-5-15-11-22(2)13-17(15)18;1-4-27(24,25)22(12-16-9-8-14(10-20-16)19(23)26-3)18-7-5-6-15-11-21(2)13-17(15)18/h4-8,10H,3,9,11-13,20H2,1-2H3;5-10H,4,11-13H2,1-3H3. The maximum absolute atomic E-state index is 12.8. The number of hydrogen-bond donors (Lipinski definition) is 1. The Morgan fingerprint density at radius 2 is 1.15 bits per heavy atom. The van der Waals surface area contributed by atoms with Gasteiger partial charge in [-0.15, -0.1) is 0 Å². The molecular weight excluding hydrogens is 731 g/mol. The number of hydrogen-bond acceptors (Lipinski definition) is 12. The first kappa shape index (κ1) is 40.4. The van der Waals surface area contributed by atoms with Gasteiger partial charge in [-0.25, -0.2) is 21.6 Å². The zero-order valence-electron chi connectivity index (χ0n) is 31.2. The van der Waals surface area contributed by atoms with Gasteiger partial charge in [-0.05, 0) is 86.6 Å². The predicted molar refractivity (Wildman–Crippen MR) is 208 cm³/mol. The van der Waals surface area contributed by atoms with Crippen LogP contribution in [0.3, 0.4) is 0 Å². The van der Waals surface area contributed by atoms with Gasteiger partial charge in [-0.1, -0.05) is 24.3 Å². The molecule has 0 aliphatic carbocycles. The average Bonchev–Trinajstić information content (AvgIpc) is 3.76. The summed E-state index contributed by atoms with van der Waals surface area (Å²) in [6.45, 7) is 6.42. The lowest BCUT2D eigenvalue weighted by Gasteiger charge is -2.26. The van der Waals surface area contributed by atoms with Crippen LogP contribution in [0, 0.1) is 0 Å². The minimum Gasteiger partial charge on any atom is -0.465 e. The number of fused-ring (bicyclic) bond motifs is 2. The highest BCUT2D eigenvalue weighted by atomic mass is 32.2. The molecule has 2 N–H and O–H groups in total. The number of aromatic nitrogens is 2. The van der Waals surface area contributed by atoms with E-state index in [4.69, 9.17) is 5.73 Å². The Morgan fingerprint density at radius 1 is 0.704 bits per heavy atom. The third-order valence-electron chi connectivity index (χ3n) is 9.36. The van der Waals surface area contributed by atoms with E-state index in [1.54, 1.807) is 38.1 Å². The number of pyridine rings is 2. The molecule has 0 saturated carbocycles. The SMILES string of the molecule is CCS(=O)(=O)N(Cc1ccc(C(=O)CN)cn1)c1cccc2c1CN(C)C2.CCS(=O)(=O)N(Cc1ccc(C(=O)OC)cn1)c1cccc2c1CN(C)C2. The number of carbonyl (C=O) groups is 2. The molecule has 0 bridgehead atoms. The molecular formula is C38H47N7O7S2. The van der Waals surface area contributed by atoms with E-state index in [2.05, 4.69) is 24.5 Å². The summed E-state index contributed by atoms with van der Waals surface area (Å²) in [5.74, 6) is -0.685. The first-order valence-electron chi connectivity index (χ1n) is 17.5. The maximum Gasteiger partial charge on any atom is 0.339 e. The number of anilines is 2. The van der Waals surface area contributed by atoms with Gasteiger partial charge < -0.3 is 10.5 Å². The van der Waals surface area contributed by atoms with Crippen LogP contribution in [0.2, 0.25) is 0 Å². The molecule has 0 amide bonds. The van der Waals surface area contributed by atoms with E-state index >= 15 is 0 Å². The Labute approximate surface area is 317 Å².